The highest BCUT2D eigenvalue weighted by Gasteiger charge is 2.42. The summed E-state index contributed by atoms with van der Waals surface area (Å²) in [5, 5.41) is 5.00. The summed E-state index contributed by atoms with van der Waals surface area (Å²) >= 11 is 1.83. The van der Waals surface area contributed by atoms with Crippen molar-refractivity contribution in [2.45, 2.75) is 105 Å². The largest absolute Gasteiger partial charge is 0.458 e. The van der Waals surface area contributed by atoms with Crippen LogP contribution >= 0.6 is 11.3 Å². The number of hydrogen-bond donors (Lipinski definition) is 0. The van der Waals surface area contributed by atoms with Gasteiger partial charge in [0.2, 0.25) is 0 Å². The number of benzene rings is 8. The molecule has 4 nitrogen and oxygen atoms in total. The molecule has 0 radical (unpaired) electrons. The number of anilines is 3. The summed E-state index contributed by atoms with van der Waals surface area (Å²) < 4.78 is 19.2. The summed E-state index contributed by atoms with van der Waals surface area (Å²) in [5.74, 6) is 3.45. The number of nitrogens with zero attached hydrogens (tertiary/aromatic N) is 2. The smallest absolute Gasteiger partial charge is 0.260 e. The van der Waals surface area contributed by atoms with Gasteiger partial charge in [-0.25, -0.2) is 0 Å². The van der Waals surface area contributed by atoms with Gasteiger partial charge in [0.1, 0.15) is 23.0 Å². The SMILES string of the molecule is CC(C)(C)c1ccc(N(c2ccc(C(C)(C)C)cc2)c2ccc3c(c2)Oc2cccc4c2B3c2cc(-n3c5ccc(C(C)(C)C)cc5c5cc(C(C)(C)C)ccc53)c3c(sc5ccccc53)c2O4)cc1. The van der Waals surface area contributed by atoms with Crippen molar-refractivity contribution in [1.29, 1.82) is 0 Å². The number of ether oxygens (including phenoxy) is 2. The maximum Gasteiger partial charge on any atom is 0.260 e. The summed E-state index contributed by atoms with van der Waals surface area (Å²) in [4.78, 5) is 2.36. The molecule has 12 rings (SSSR count). The molecule has 0 saturated carbocycles. The topological polar surface area (TPSA) is 26.6 Å². The third-order valence-corrected chi connectivity index (χ3v) is 16.1. The van der Waals surface area contributed by atoms with E-state index in [9.17, 15) is 0 Å². The van der Waals surface area contributed by atoms with Crippen LogP contribution < -0.4 is 30.8 Å². The molecule has 6 heteroatoms. The normalized spacial score (nSPS) is 13.6. The molecule has 2 aromatic heterocycles. The third-order valence-electron chi connectivity index (χ3n) is 15.0. The van der Waals surface area contributed by atoms with Crippen LogP contribution in [0.1, 0.15) is 105 Å². The van der Waals surface area contributed by atoms with Crippen molar-refractivity contribution >= 4 is 93.5 Å². The maximum absolute atomic E-state index is 7.19. The van der Waals surface area contributed by atoms with Crippen LogP contribution in [0.2, 0.25) is 0 Å². The van der Waals surface area contributed by atoms with E-state index < -0.39 is 0 Å². The predicted molar refractivity (Wildman–Crippen MR) is 301 cm³/mol. The van der Waals surface area contributed by atoms with Crippen LogP contribution in [0.25, 0.3) is 47.7 Å². The molecule has 0 amide bonds. The molecule has 0 N–H and O–H groups in total. The minimum Gasteiger partial charge on any atom is -0.458 e. The van der Waals surface area contributed by atoms with E-state index in [4.69, 9.17) is 9.47 Å². The molecular formula is C64H61BN2O2S. The van der Waals surface area contributed by atoms with Gasteiger partial charge >= 0.3 is 0 Å². The Hall–Kier alpha value is -6.76. The van der Waals surface area contributed by atoms with Gasteiger partial charge in [-0.05, 0) is 134 Å². The highest BCUT2D eigenvalue weighted by Crippen LogP contribution is 2.49. The zero-order valence-electron chi connectivity index (χ0n) is 42.6. The van der Waals surface area contributed by atoms with E-state index in [-0.39, 0.29) is 28.4 Å². The molecule has 0 spiro atoms. The van der Waals surface area contributed by atoms with Gasteiger partial charge in [-0.1, -0.05) is 150 Å². The minimum absolute atomic E-state index is 0.00353. The lowest BCUT2D eigenvalue weighted by molar-refractivity contribution is 0.467. The Bertz CT molecular complexity index is 3630. The standard InChI is InChI=1S/C64H61BN2O2S/c1-61(2,3)38-20-26-42(27-21-38)66(43-28-22-39(23-29-43)62(4,5)6)44-30-31-48-55(36-44)68-53-17-15-18-54-58(53)65(48)49-37-52(57-45-16-13-14-19-56(45)70-60(57)59(49)69-54)67-50-32-24-40(63(7,8)9)34-46(50)47-35-41(64(10,11)12)25-33-51(47)67/h13-37H,1-12H3. The molecule has 0 saturated heterocycles. The van der Waals surface area contributed by atoms with Crippen LogP contribution in [0.4, 0.5) is 17.1 Å². The molecule has 2 aliphatic rings. The number of rotatable bonds is 4. The first-order valence-electron chi connectivity index (χ1n) is 24.9. The van der Waals surface area contributed by atoms with Crippen LogP contribution in [-0.4, -0.2) is 11.3 Å². The molecule has 2 aliphatic heterocycles. The fourth-order valence-corrected chi connectivity index (χ4v) is 12.2. The predicted octanol–water partition coefficient (Wildman–Crippen LogP) is 16.5. The Morgan fingerprint density at radius 2 is 0.957 bits per heavy atom. The second kappa shape index (κ2) is 15.4. The fourth-order valence-electron chi connectivity index (χ4n) is 10.9. The number of hydrogen-bond acceptors (Lipinski definition) is 4. The van der Waals surface area contributed by atoms with Gasteiger partial charge in [0.05, 0.1) is 21.4 Å². The average molecular weight is 933 g/mol. The average Bonchev–Trinajstić information content (AvgIpc) is 3.87. The van der Waals surface area contributed by atoms with Gasteiger partial charge in [-0.2, -0.15) is 0 Å². The lowest BCUT2D eigenvalue weighted by Crippen LogP contribution is -2.57. The minimum atomic E-state index is -0.139. The molecule has 70 heavy (non-hydrogen) atoms. The van der Waals surface area contributed by atoms with Gasteiger partial charge < -0.3 is 18.9 Å². The molecule has 8 aromatic carbocycles. The molecule has 348 valence electrons. The second-order valence-corrected chi connectivity index (χ2v) is 24.9. The van der Waals surface area contributed by atoms with Crippen LogP contribution in [0.3, 0.4) is 0 Å². The van der Waals surface area contributed by atoms with Crippen molar-refractivity contribution in [1.82, 2.24) is 4.57 Å². The van der Waals surface area contributed by atoms with E-state index in [0.29, 0.717) is 0 Å². The highest BCUT2D eigenvalue weighted by atomic mass is 32.1. The molecule has 0 bridgehead atoms. The monoisotopic (exact) mass is 932 g/mol. The summed E-state index contributed by atoms with van der Waals surface area (Å²) in [6.07, 6.45) is 0. The van der Waals surface area contributed by atoms with Gasteiger partial charge in [-0.15, -0.1) is 11.3 Å². The van der Waals surface area contributed by atoms with E-state index in [1.54, 1.807) is 0 Å². The van der Waals surface area contributed by atoms with Crippen molar-refractivity contribution in [3.8, 4) is 28.7 Å². The zero-order valence-corrected chi connectivity index (χ0v) is 43.4. The van der Waals surface area contributed by atoms with Crippen molar-refractivity contribution < 1.29 is 9.47 Å². The van der Waals surface area contributed by atoms with Gasteiger partial charge in [0.25, 0.3) is 6.71 Å². The molecule has 0 unspecified atom stereocenters. The van der Waals surface area contributed by atoms with Crippen LogP contribution in [-0.2, 0) is 21.7 Å². The summed E-state index contributed by atoms with van der Waals surface area (Å²) in [5.41, 5.74) is 15.5. The quantitative estimate of drug-likeness (QED) is 0.165. The Morgan fingerprint density at radius 3 is 1.51 bits per heavy atom. The highest BCUT2D eigenvalue weighted by molar-refractivity contribution is 7.26. The second-order valence-electron chi connectivity index (χ2n) is 23.9. The van der Waals surface area contributed by atoms with Gasteiger partial charge in [0, 0.05) is 54.8 Å². The molecule has 0 atom stereocenters. The lowest BCUT2D eigenvalue weighted by Gasteiger charge is -2.34. The molecule has 0 fully saturated rings. The first kappa shape index (κ1) is 44.5. The van der Waals surface area contributed by atoms with E-state index in [1.807, 2.05) is 11.3 Å². The van der Waals surface area contributed by atoms with E-state index in [2.05, 4.69) is 244 Å². The van der Waals surface area contributed by atoms with Gasteiger partial charge in [0.15, 0.2) is 0 Å². The van der Waals surface area contributed by atoms with Crippen molar-refractivity contribution in [3.63, 3.8) is 0 Å². The fraction of sp³-hybridized carbons (Fsp3) is 0.250. The summed E-state index contributed by atoms with van der Waals surface area (Å²) in [6, 6.07) is 56.9. The lowest BCUT2D eigenvalue weighted by atomic mass is 9.35. The van der Waals surface area contributed by atoms with Crippen molar-refractivity contribution in [2.24, 2.45) is 0 Å². The Balaban J connectivity index is 1.10. The molecular weight excluding hydrogens is 872 g/mol. The van der Waals surface area contributed by atoms with Crippen LogP contribution in [0.15, 0.2) is 152 Å². The Kier molecular flexibility index (Phi) is 9.76. The zero-order chi connectivity index (χ0) is 48.8. The number of fused-ring (bicyclic) bond motifs is 11. The summed E-state index contributed by atoms with van der Waals surface area (Å²) in [6.45, 7) is 27.3. The van der Waals surface area contributed by atoms with Crippen molar-refractivity contribution in [2.75, 3.05) is 4.90 Å². The Labute approximate surface area is 417 Å². The molecule has 4 heterocycles. The first-order chi connectivity index (χ1) is 33.2. The third kappa shape index (κ3) is 7.08. The van der Waals surface area contributed by atoms with Gasteiger partial charge in [-0.3, -0.25) is 0 Å². The van der Waals surface area contributed by atoms with Crippen molar-refractivity contribution in [3.05, 3.63) is 174 Å². The molecule has 0 aliphatic carbocycles. The van der Waals surface area contributed by atoms with E-state index in [0.717, 1.165) is 66.8 Å². The maximum atomic E-state index is 7.19. The number of thiophene rings is 1. The Morgan fingerprint density at radius 1 is 0.443 bits per heavy atom. The first-order valence-corrected chi connectivity index (χ1v) is 25.8. The van der Waals surface area contributed by atoms with E-state index >= 15 is 0 Å². The molecule has 10 aromatic rings. The van der Waals surface area contributed by atoms with Crippen LogP contribution in [0, 0.1) is 0 Å². The van der Waals surface area contributed by atoms with Crippen LogP contribution in [0.5, 0.6) is 23.0 Å². The van der Waals surface area contributed by atoms with E-state index in [1.165, 1.54) is 59.5 Å². The summed E-state index contributed by atoms with van der Waals surface area (Å²) in [7, 11) is 0. The number of aromatic nitrogens is 1.